The monoisotopic (exact) mass is 378 g/mol. The zero-order valence-corrected chi connectivity index (χ0v) is 16.3. The summed E-state index contributed by atoms with van der Waals surface area (Å²) in [6, 6.07) is 0. The summed E-state index contributed by atoms with van der Waals surface area (Å²) in [5, 5.41) is 8.54. The van der Waals surface area contributed by atoms with Crippen molar-refractivity contribution in [1.82, 2.24) is 0 Å². The molecule has 0 aliphatic rings. The van der Waals surface area contributed by atoms with E-state index in [9.17, 15) is 9.36 Å². The van der Waals surface area contributed by atoms with Crippen LogP contribution in [0, 0.1) is 0 Å². The minimum Gasteiger partial charge on any atom is -0.481 e. The van der Waals surface area contributed by atoms with Crippen molar-refractivity contribution < 1.29 is 28.8 Å². The molecule has 0 rings (SSSR count). The number of phosphoric acid groups is 1. The molecule has 0 aromatic carbocycles. The van der Waals surface area contributed by atoms with Gasteiger partial charge in [-0.25, -0.2) is 4.57 Å². The molecule has 0 aliphatic carbocycles. The summed E-state index contributed by atoms with van der Waals surface area (Å²) in [7, 11) is -4.44. The van der Waals surface area contributed by atoms with Crippen molar-refractivity contribution >= 4 is 13.8 Å². The van der Waals surface area contributed by atoms with Crippen LogP contribution in [-0.4, -0.2) is 27.0 Å². The maximum Gasteiger partial charge on any atom is 0.469 e. The molecule has 1 unspecified atom stereocenters. The lowest BCUT2D eigenvalue weighted by atomic mass is 10.1. The number of allylic oxidation sites excluding steroid dienone is 1. The number of hydrogen-bond acceptors (Lipinski definition) is 3. The maximum absolute atomic E-state index is 11.0. The Morgan fingerprint density at radius 3 is 2.28 bits per heavy atom. The first-order valence-electron chi connectivity index (χ1n) is 9.46. The molecule has 1 atom stereocenters. The van der Waals surface area contributed by atoms with Crippen LogP contribution in [0.1, 0.15) is 90.4 Å². The van der Waals surface area contributed by atoms with Gasteiger partial charge in [0.15, 0.2) is 0 Å². The molecule has 6 nitrogen and oxygen atoms in total. The Balaban J connectivity index is 3.84. The van der Waals surface area contributed by atoms with Gasteiger partial charge in [0.1, 0.15) is 0 Å². The smallest absolute Gasteiger partial charge is 0.469 e. The Kier molecular flexibility index (Phi) is 15.1. The van der Waals surface area contributed by atoms with Gasteiger partial charge >= 0.3 is 13.8 Å². The van der Waals surface area contributed by atoms with Gasteiger partial charge in [0, 0.05) is 6.42 Å². The molecule has 0 saturated heterocycles. The lowest BCUT2D eigenvalue weighted by Crippen LogP contribution is -2.10. The van der Waals surface area contributed by atoms with Crippen LogP contribution in [0.2, 0.25) is 0 Å². The van der Waals surface area contributed by atoms with E-state index in [1.807, 2.05) is 12.2 Å². The van der Waals surface area contributed by atoms with Crippen LogP contribution in [0.4, 0.5) is 0 Å². The van der Waals surface area contributed by atoms with Crippen LogP contribution >= 0.6 is 7.82 Å². The third-order valence-corrected chi connectivity index (χ3v) is 4.57. The average molecular weight is 378 g/mol. The van der Waals surface area contributed by atoms with Crippen LogP contribution in [0.3, 0.4) is 0 Å². The van der Waals surface area contributed by atoms with Gasteiger partial charge in [-0.15, -0.1) is 0 Å². The van der Waals surface area contributed by atoms with Crippen molar-refractivity contribution in [2.45, 2.75) is 96.5 Å². The molecule has 0 spiro atoms. The third kappa shape index (κ3) is 19.5. The summed E-state index contributed by atoms with van der Waals surface area (Å²) >= 11 is 0. The van der Waals surface area contributed by atoms with E-state index in [4.69, 9.17) is 19.4 Å². The molecule has 0 radical (unpaired) electrons. The first kappa shape index (κ1) is 24.3. The summed E-state index contributed by atoms with van der Waals surface area (Å²) in [6.07, 6.45) is 15.0. The van der Waals surface area contributed by atoms with Crippen LogP contribution < -0.4 is 0 Å². The second-order valence-electron chi connectivity index (χ2n) is 6.47. The van der Waals surface area contributed by atoms with E-state index in [0.29, 0.717) is 12.8 Å². The number of carboxylic acid groups (broad SMARTS) is 1. The lowest BCUT2D eigenvalue weighted by Gasteiger charge is -2.16. The van der Waals surface area contributed by atoms with E-state index in [-0.39, 0.29) is 6.42 Å². The summed E-state index contributed by atoms with van der Waals surface area (Å²) in [5.74, 6) is -0.732. The normalized spacial score (nSPS) is 13.4. The number of phosphoric ester groups is 1. The van der Waals surface area contributed by atoms with Gasteiger partial charge < -0.3 is 14.9 Å². The summed E-state index contributed by atoms with van der Waals surface area (Å²) < 4.78 is 15.9. The lowest BCUT2D eigenvalue weighted by molar-refractivity contribution is -0.137. The number of hydrogen-bond donors (Lipinski definition) is 3. The predicted molar refractivity (Wildman–Crippen MR) is 99.4 cm³/mol. The van der Waals surface area contributed by atoms with E-state index in [0.717, 1.165) is 64.2 Å². The van der Waals surface area contributed by atoms with Crippen molar-refractivity contribution in [3.63, 3.8) is 0 Å². The molecule has 0 aromatic heterocycles. The molecule has 0 saturated carbocycles. The van der Waals surface area contributed by atoms with Gasteiger partial charge in [-0.05, 0) is 32.1 Å². The number of carbonyl (C=O) groups is 1. The highest BCUT2D eigenvalue weighted by atomic mass is 31.2. The summed E-state index contributed by atoms with van der Waals surface area (Å²) in [5.41, 5.74) is 0. The van der Waals surface area contributed by atoms with Gasteiger partial charge in [-0.2, -0.15) is 0 Å². The Morgan fingerprint density at radius 1 is 1.00 bits per heavy atom. The highest BCUT2D eigenvalue weighted by Gasteiger charge is 2.20. The number of carboxylic acids is 1. The molecule has 3 N–H and O–H groups in total. The highest BCUT2D eigenvalue weighted by molar-refractivity contribution is 7.46. The second-order valence-corrected chi connectivity index (χ2v) is 7.67. The molecule has 0 amide bonds. The Hall–Kier alpha value is -0.680. The van der Waals surface area contributed by atoms with E-state index < -0.39 is 19.9 Å². The summed E-state index contributed by atoms with van der Waals surface area (Å²) in [4.78, 5) is 28.4. The van der Waals surface area contributed by atoms with Gasteiger partial charge in [0.2, 0.25) is 0 Å². The number of rotatable bonds is 17. The van der Waals surface area contributed by atoms with Crippen molar-refractivity contribution in [2.75, 3.05) is 0 Å². The first-order valence-corrected chi connectivity index (χ1v) is 11.0. The first-order chi connectivity index (χ1) is 11.8. The molecule has 0 bridgehead atoms. The minimum absolute atomic E-state index is 0.249. The largest absolute Gasteiger partial charge is 0.481 e. The van der Waals surface area contributed by atoms with Crippen LogP contribution in [0.15, 0.2) is 12.2 Å². The van der Waals surface area contributed by atoms with Gasteiger partial charge in [0.05, 0.1) is 6.10 Å². The molecule has 7 heteroatoms. The van der Waals surface area contributed by atoms with Crippen LogP contribution in [0.5, 0.6) is 0 Å². The summed E-state index contributed by atoms with van der Waals surface area (Å²) in [6.45, 7) is 2.12. The molecule has 0 fully saturated rings. The van der Waals surface area contributed by atoms with Gasteiger partial charge in [-0.3, -0.25) is 9.32 Å². The zero-order chi connectivity index (χ0) is 19.0. The van der Waals surface area contributed by atoms with Crippen molar-refractivity contribution in [3.05, 3.63) is 12.2 Å². The molecule has 148 valence electrons. The fourth-order valence-electron chi connectivity index (χ4n) is 2.64. The Labute approximate surface area is 151 Å². The molecule has 0 heterocycles. The van der Waals surface area contributed by atoms with Crippen molar-refractivity contribution in [2.24, 2.45) is 0 Å². The fourth-order valence-corrected chi connectivity index (χ4v) is 3.22. The standard InChI is InChI=1S/C18H35O6P/c1-2-3-4-11-14-17(24-25(21,22)23)15-12-9-7-5-6-8-10-13-16-18(19)20/h9,12,17H,2-8,10-11,13-16H2,1H3,(H,19,20)(H2,21,22,23)/b12-9+. The van der Waals surface area contributed by atoms with Crippen molar-refractivity contribution in [1.29, 1.82) is 0 Å². The van der Waals surface area contributed by atoms with E-state index in [2.05, 4.69) is 6.92 Å². The van der Waals surface area contributed by atoms with E-state index >= 15 is 0 Å². The third-order valence-electron chi connectivity index (χ3n) is 3.99. The fraction of sp³-hybridized carbons (Fsp3) is 0.833. The molecule has 0 aliphatic heterocycles. The minimum atomic E-state index is -4.44. The Morgan fingerprint density at radius 2 is 1.64 bits per heavy atom. The number of aliphatic carboxylic acids is 1. The molecular formula is C18H35O6P. The molecule has 25 heavy (non-hydrogen) atoms. The van der Waals surface area contributed by atoms with Gasteiger partial charge in [0.25, 0.3) is 0 Å². The zero-order valence-electron chi connectivity index (χ0n) is 15.4. The molecule has 0 aromatic rings. The van der Waals surface area contributed by atoms with E-state index in [1.54, 1.807) is 0 Å². The van der Waals surface area contributed by atoms with Crippen LogP contribution in [-0.2, 0) is 13.9 Å². The SMILES string of the molecule is CCCCCCC(C/C=C/CCCCCCCC(=O)O)OP(=O)(O)O. The molecular weight excluding hydrogens is 343 g/mol. The van der Waals surface area contributed by atoms with Gasteiger partial charge in [-0.1, -0.05) is 64.0 Å². The highest BCUT2D eigenvalue weighted by Crippen LogP contribution is 2.39. The Bertz CT molecular complexity index is 404. The quantitative estimate of drug-likeness (QED) is 0.183. The van der Waals surface area contributed by atoms with Crippen LogP contribution in [0.25, 0.3) is 0 Å². The van der Waals surface area contributed by atoms with E-state index in [1.165, 1.54) is 0 Å². The van der Waals surface area contributed by atoms with Crippen molar-refractivity contribution in [3.8, 4) is 0 Å². The number of unbranched alkanes of at least 4 members (excludes halogenated alkanes) is 8. The average Bonchev–Trinajstić information content (AvgIpc) is 2.51. The predicted octanol–water partition coefficient (Wildman–Crippen LogP) is 5.20. The second kappa shape index (κ2) is 15.6. The maximum atomic E-state index is 11.0. The topological polar surface area (TPSA) is 104 Å².